The zero-order valence-electron chi connectivity index (χ0n) is 11.6. The van der Waals surface area contributed by atoms with Gasteiger partial charge in [-0.15, -0.1) is 0 Å². The van der Waals surface area contributed by atoms with E-state index in [2.05, 4.69) is 4.72 Å². The van der Waals surface area contributed by atoms with Crippen LogP contribution < -0.4 is 4.72 Å². The maximum Gasteiger partial charge on any atom is 0.240 e. The molecule has 4 nitrogen and oxygen atoms in total. The van der Waals surface area contributed by atoms with Crippen molar-refractivity contribution in [3.63, 3.8) is 0 Å². The molecule has 2 aromatic carbocycles. The molecule has 0 aromatic heterocycles. The molecule has 0 saturated carbocycles. The minimum absolute atomic E-state index is 0.0665. The molecule has 0 unspecified atom stereocenters. The smallest absolute Gasteiger partial charge is 0.240 e. The molecule has 1 N–H and O–H groups in total. The van der Waals surface area contributed by atoms with Gasteiger partial charge in [0.2, 0.25) is 10.0 Å². The molecule has 0 spiro atoms. The third-order valence-electron chi connectivity index (χ3n) is 2.96. The summed E-state index contributed by atoms with van der Waals surface area (Å²) in [4.78, 5) is 11.3. The van der Waals surface area contributed by atoms with Crippen molar-refractivity contribution in [2.24, 2.45) is 0 Å². The Kier molecular flexibility index (Phi) is 5.24. The number of ketones is 1. The Morgan fingerprint density at radius 1 is 1.05 bits per heavy atom. The van der Waals surface area contributed by atoms with Crippen LogP contribution in [0, 0.1) is 0 Å². The van der Waals surface area contributed by atoms with Crippen LogP contribution in [0.2, 0.25) is 10.0 Å². The molecule has 0 heterocycles. The van der Waals surface area contributed by atoms with Crippen LogP contribution in [-0.4, -0.2) is 14.2 Å². The Balaban J connectivity index is 2.15. The van der Waals surface area contributed by atoms with E-state index in [-0.39, 0.29) is 17.2 Å². The predicted molar refractivity (Wildman–Crippen MR) is 86.9 cm³/mol. The zero-order valence-corrected chi connectivity index (χ0v) is 14.0. The number of hydrogen-bond donors (Lipinski definition) is 1. The van der Waals surface area contributed by atoms with E-state index in [0.29, 0.717) is 21.2 Å². The number of hydrogen-bond acceptors (Lipinski definition) is 3. The third-order valence-corrected chi connectivity index (χ3v) is 4.81. The molecule has 0 aliphatic rings. The molecule has 2 aromatic rings. The molecule has 116 valence electrons. The van der Waals surface area contributed by atoms with Crippen LogP contribution in [0.1, 0.15) is 22.8 Å². The highest BCUT2D eigenvalue weighted by atomic mass is 35.5. The lowest BCUT2D eigenvalue weighted by atomic mass is 10.2. The average Bonchev–Trinajstić information content (AvgIpc) is 2.44. The maximum atomic E-state index is 12.2. The number of benzene rings is 2. The summed E-state index contributed by atoms with van der Waals surface area (Å²) in [6.45, 7) is 1.49. The number of Topliss-reactive ketones (excluding diaryl/α,β-unsaturated/α-hetero) is 1. The number of carbonyl (C=O) groups excluding carboxylic acids is 1. The SMILES string of the molecule is CC(=O)c1ccc(S(=O)(=O)NCc2cc(Cl)cc(Cl)c2)cc1. The Hall–Kier alpha value is -1.40. The van der Waals surface area contributed by atoms with Crippen LogP contribution >= 0.6 is 23.2 Å². The van der Waals surface area contributed by atoms with Gasteiger partial charge < -0.3 is 0 Å². The summed E-state index contributed by atoms with van der Waals surface area (Å²) in [6.07, 6.45) is 0. The normalized spacial score (nSPS) is 11.4. The van der Waals surface area contributed by atoms with E-state index in [9.17, 15) is 13.2 Å². The molecule has 7 heteroatoms. The van der Waals surface area contributed by atoms with Crippen LogP contribution in [0.25, 0.3) is 0 Å². The third kappa shape index (κ3) is 4.30. The van der Waals surface area contributed by atoms with Crippen LogP contribution in [-0.2, 0) is 16.6 Å². The largest absolute Gasteiger partial charge is 0.295 e. The quantitative estimate of drug-likeness (QED) is 0.830. The first-order chi connectivity index (χ1) is 10.3. The van der Waals surface area contributed by atoms with Crippen molar-refractivity contribution in [1.82, 2.24) is 4.72 Å². The van der Waals surface area contributed by atoms with Gasteiger partial charge in [0.15, 0.2) is 5.78 Å². The monoisotopic (exact) mass is 357 g/mol. The van der Waals surface area contributed by atoms with Crippen molar-refractivity contribution in [3.05, 3.63) is 63.6 Å². The first kappa shape index (κ1) is 17.0. The Morgan fingerprint density at radius 2 is 1.59 bits per heavy atom. The van der Waals surface area contributed by atoms with Gasteiger partial charge in [-0.1, -0.05) is 35.3 Å². The number of carbonyl (C=O) groups is 1. The van der Waals surface area contributed by atoms with Crippen LogP contribution in [0.15, 0.2) is 47.4 Å². The van der Waals surface area contributed by atoms with E-state index in [0.717, 1.165) is 0 Å². The molecule has 0 atom stereocenters. The highest BCUT2D eigenvalue weighted by Gasteiger charge is 2.14. The predicted octanol–water partition coefficient (Wildman–Crippen LogP) is 3.67. The number of nitrogens with one attached hydrogen (secondary N) is 1. The van der Waals surface area contributed by atoms with Crippen molar-refractivity contribution < 1.29 is 13.2 Å². The molecule has 0 saturated heterocycles. The second-order valence-corrected chi connectivity index (χ2v) is 7.32. The van der Waals surface area contributed by atoms with Crippen LogP contribution in [0.5, 0.6) is 0 Å². The summed E-state index contributed by atoms with van der Waals surface area (Å²) < 4.78 is 26.9. The number of sulfonamides is 1. The Bertz CT molecular complexity index is 782. The summed E-state index contributed by atoms with van der Waals surface area (Å²) in [5, 5.41) is 0.875. The topological polar surface area (TPSA) is 63.2 Å². The van der Waals surface area contributed by atoms with Gasteiger partial charge in [-0.25, -0.2) is 13.1 Å². The summed E-state index contributed by atoms with van der Waals surface area (Å²) in [6, 6.07) is 10.6. The van der Waals surface area contributed by atoms with E-state index in [1.165, 1.54) is 31.2 Å². The lowest BCUT2D eigenvalue weighted by Gasteiger charge is -2.08. The van der Waals surface area contributed by atoms with Crippen molar-refractivity contribution in [2.75, 3.05) is 0 Å². The van der Waals surface area contributed by atoms with E-state index in [1.54, 1.807) is 18.2 Å². The van der Waals surface area contributed by atoms with Gasteiger partial charge in [-0.2, -0.15) is 0 Å². The van der Waals surface area contributed by atoms with Gasteiger partial charge in [0.1, 0.15) is 0 Å². The summed E-state index contributed by atoms with van der Waals surface area (Å²) >= 11 is 11.7. The van der Waals surface area contributed by atoms with Gasteiger partial charge in [0.05, 0.1) is 4.90 Å². The molecule has 0 radical (unpaired) electrons. The van der Waals surface area contributed by atoms with Gasteiger partial charge in [0.25, 0.3) is 0 Å². The molecular formula is C15H13Cl2NO3S. The average molecular weight is 358 g/mol. The van der Waals surface area contributed by atoms with Gasteiger partial charge >= 0.3 is 0 Å². The maximum absolute atomic E-state index is 12.2. The molecule has 22 heavy (non-hydrogen) atoms. The highest BCUT2D eigenvalue weighted by molar-refractivity contribution is 7.89. The van der Waals surface area contributed by atoms with Crippen LogP contribution in [0.3, 0.4) is 0 Å². The van der Waals surface area contributed by atoms with E-state index in [1.807, 2.05) is 0 Å². The van der Waals surface area contributed by atoms with Gasteiger partial charge in [0, 0.05) is 22.2 Å². The number of halogens is 2. The Labute approximate surface area is 139 Å². The Morgan fingerprint density at radius 3 is 2.09 bits per heavy atom. The highest BCUT2D eigenvalue weighted by Crippen LogP contribution is 2.19. The fourth-order valence-corrected chi connectivity index (χ4v) is 3.43. The second-order valence-electron chi connectivity index (χ2n) is 4.68. The first-order valence-electron chi connectivity index (χ1n) is 6.33. The standard InChI is InChI=1S/C15H13Cl2NO3S/c1-10(19)12-2-4-15(5-3-12)22(20,21)18-9-11-6-13(16)8-14(17)7-11/h2-8,18H,9H2,1H3. The minimum Gasteiger partial charge on any atom is -0.295 e. The minimum atomic E-state index is -3.67. The lowest BCUT2D eigenvalue weighted by molar-refractivity contribution is 0.101. The van der Waals surface area contributed by atoms with E-state index < -0.39 is 10.0 Å². The summed E-state index contributed by atoms with van der Waals surface area (Å²) in [5.41, 5.74) is 1.11. The fraction of sp³-hybridized carbons (Fsp3) is 0.133. The molecular weight excluding hydrogens is 345 g/mol. The van der Waals surface area contributed by atoms with Gasteiger partial charge in [-0.05, 0) is 42.8 Å². The lowest BCUT2D eigenvalue weighted by Crippen LogP contribution is -2.23. The van der Waals surface area contributed by atoms with Crippen molar-refractivity contribution in [2.45, 2.75) is 18.4 Å². The van der Waals surface area contributed by atoms with Crippen LogP contribution in [0.4, 0.5) is 0 Å². The summed E-state index contributed by atoms with van der Waals surface area (Å²) in [7, 11) is -3.67. The zero-order chi connectivity index (χ0) is 16.3. The molecule has 0 aliphatic carbocycles. The second kappa shape index (κ2) is 6.79. The fourth-order valence-electron chi connectivity index (χ4n) is 1.84. The molecule has 0 fully saturated rings. The van der Waals surface area contributed by atoms with Gasteiger partial charge in [-0.3, -0.25) is 4.79 Å². The summed E-state index contributed by atoms with van der Waals surface area (Å²) in [5.74, 6) is -0.120. The van der Waals surface area contributed by atoms with E-state index >= 15 is 0 Å². The molecule has 0 bridgehead atoms. The van der Waals surface area contributed by atoms with Crippen molar-refractivity contribution >= 4 is 39.0 Å². The molecule has 0 amide bonds. The van der Waals surface area contributed by atoms with E-state index in [4.69, 9.17) is 23.2 Å². The number of rotatable bonds is 5. The molecule has 0 aliphatic heterocycles. The first-order valence-corrected chi connectivity index (χ1v) is 8.57. The van der Waals surface area contributed by atoms with Crippen molar-refractivity contribution in [3.8, 4) is 0 Å². The molecule has 2 rings (SSSR count). The van der Waals surface area contributed by atoms with Crippen molar-refractivity contribution in [1.29, 1.82) is 0 Å².